The molecule has 4 nitrogen and oxygen atoms in total. The molecule has 1 rings (SSSR count). The van der Waals surface area contributed by atoms with Gasteiger partial charge < -0.3 is 15.8 Å². The van der Waals surface area contributed by atoms with Crippen LogP contribution in [-0.2, 0) is 0 Å². The zero-order valence-electron chi connectivity index (χ0n) is 9.85. The number of thioether (sulfide) groups is 1. The molecule has 0 spiro atoms. The zero-order chi connectivity index (χ0) is 12.8. The summed E-state index contributed by atoms with van der Waals surface area (Å²) in [7, 11) is 1.83. The average Bonchev–Trinajstić information content (AvgIpc) is 2.34. The van der Waals surface area contributed by atoms with Crippen molar-refractivity contribution in [3.63, 3.8) is 0 Å². The lowest BCUT2D eigenvalue weighted by atomic mass is 10.1. The number of amidine groups is 1. The lowest BCUT2D eigenvalue weighted by Crippen LogP contribution is -2.22. The van der Waals surface area contributed by atoms with E-state index in [-0.39, 0.29) is 11.7 Å². The molecule has 0 atom stereocenters. The third-order valence-electron chi connectivity index (χ3n) is 2.39. The van der Waals surface area contributed by atoms with Crippen LogP contribution in [0.15, 0.2) is 23.4 Å². The van der Waals surface area contributed by atoms with E-state index in [4.69, 9.17) is 10.9 Å². The first kappa shape index (κ1) is 13.6. The van der Waals surface area contributed by atoms with Gasteiger partial charge in [0.05, 0.1) is 5.69 Å². The first-order valence-corrected chi connectivity index (χ1v) is 6.47. The van der Waals surface area contributed by atoms with Crippen molar-refractivity contribution in [1.82, 2.24) is 0 Å². The molecule has 0 unspecified atom stereocenters. The van der Waals surface area contributed by atoms with Gasteiger partial charge in [0, 0.05) is 24.9 Å². The number of anilines is 1. The second kappa shape index (κ2) is 6.34. The lowest BCUT2D eigenvalue weighted by molar-refractivity contribution is 0.318. The van der Waals surface area contributed by atoms with Gasteiger partial charge in [0.2, 0.25) is 0 Å². The summed E-state index contributed by atoms with van der Waals surface area (Å²) < 4.78 is 13.8. The molecule has 0 aliphatic rings. The molecule has 0 fully saturated rings. The fraction of sp³-hybridized carbons (Fsp3) is 0.364. The van der Waals surface area contributed by atoms with Crippen molar-refractivity contribution in [2.24, 2.45) is 10.9 Å². The van der Waals surface area contributed by atoms with Crippen molar-refractivity contribution in [3.05, 3.63) is 29.6 Å². The lowest BCUT2D eigenvalue weighted by Gasteiger charge is -2.19. The van der Waals surface area contributed by atoms with Crippen molar-refractivity contribution in [2.75, 3.05) is 30.5 Å². The topological polar surface area (TPSA) is 61.8 Å². The molecular weight excluding hydrogens is 241 g/mol. The van der Waals surface area contributed by atoms with Gasteiger partial charge in [0.1, 0.15) is 5.82 Å². The van der Waals surface area contributed by atoms with Crippen molar-refractivity contribution >= 4 is 23.3 Å². The van der Waals surface area contributed by atoms with Gasteiger partial charge in [0.15, 0.2) is 5.84 Å². The molecule has 17 heavy (non-hydrogen) atoms. The highest BCUT2D eigenvalue weighted by atomic mass is 32.2. The summed E-state index contributed by atoms with van der Waals surface area (Å²) in [5, 5.41) is 11.3. The van der Waals surface area contributed by atoms with E-state index in [1.165, 1.54) is 6.07 Å². The first-order valence-electron chi connectivity index (χ1n) is 5.07. The summed E-state index contributed by atoms with van der Waals surface area (Å²) in [6, 6.07) is 4.52. The van der Waals surface area contributed by atoms with Gasteiger partial charge in [-0.05, 0) is 24.5 Å². The fourth-order valence-electron chi connectivity index (χ4n) is 1.38. The number of hydrogen-bond acceptors (Lipinski definition) is 4. The molecule has 1 aromatic carbocycles. The van der Waals surface area contributed by atoms with Crippen LogP contribution in [0.1, 0.15) is 5.56 Å². The van der Waals surface area contributed by atoms with Crippen molar-refractivity contribution in [1.29, 1.82) is 0 Å². The minimum atomic E-state index is -0.377. The molecule has 6 heteroatoms. The van der Waals surface area contributed by atoms with Crippen LogP contribution in [0.4, 0.5) is 10.1 Å². The standard InChI is InChI=1S/C11H16FN3OS/c1-15(5-6-17-2)10-4-3-8(7-9(10)12)11(13)14-16/h3-4,7,16H,5-6H2,1-2H3,(H2,13,14). The van der Waals surface area contributed by atoms with E-state index in [1.54, 1.807) is 23.9 Å². The molecule has 0 radical (unpaired) electrons. The van der Waals surface area contributed by atoms with E-state index in [0.29, 0.717) is 11.3 Å². The van der Waals surface area contributed by atoms with Gasteiger partial charge >= 0.3 is 0 Å². The third kappa shape index (κ3) is 3.52. The van der Waals surface area contributed by atoms with E-state index < -0.39 is 0 Å². The molecule has 0 aliphatic heterocycles. The van der Waals surface area contributed by atoms with Gasteiger partial charge in [-0.15, -0.1) is 0 Å². The van der Waals surface area contributed by atoms with E-state index in [0.717, 1.165) is 12.3 Å². The highest BCUT2D eigenvalue weighted by Crippen LogP contribution is 2.19. The normalized spacial score (nSPS) is 11.6. The number of hydrogen-bond donors (Lipinski definition) is 2. The predicted octanol–water partition coefficient (Wildman–Crippen LogP) is 1.72. The van der Waals surface area contributed by atoms with E-state index in [1.807, 2.05) is 18.2 Å². The highest BCUT2D eigenvalue weighted by Gasteiger charge is 2.09. The zero-order valence-corrected chi connectivity index (χ0v) is 10.7. The van der Waals surface area contributed by atoms with Crippen LogP contribution in [0.5, 0.6) is 0 Å². The molecule has 0 amide bonds. The van der Waals surface area contributed by atoms with Crippen LogP contribution in [0.3, 0.4) is 0 Å². The maximum absolute atomic E-state index is 13.8. The Morgan fingerprint density at radius 2 is 2.29 bits per heavy atom. The summed E-state index contributed by atoms with van der Waals surface area (Å²) in [6.45, 7) is 0.765. The Hall–Kier alpha value is -1.43. The molecule has 0 heterocycles. The monoisotopic (exact) mass is 257 g/mol. The molecule has 1 aromatic rings. The van der Waals surface area contributed by atoms with Crippen LogP contribution in [0.25, 0.3) is 0 Å². The Morgan fingerprint density at radius 3 is 2.82 bits per heavy atom. The van der Waals surface area contributed by atoms with E-state index >= 15 is 0 Å². The van der Waals surface area contributed by atoms with Gasteiger partial charge in [0.25, 0.3) is 0 Å². The van der Waals surface area contributed by atoms with E-state index in [2.05, 4.69) is 5.16 Å². The van der Waals surface area contributed by atoms with Crippen molar-refractivity contribution in [3.8, 4) is 0 Å². The number of halogens is 1. The Morgan fingerprint density at radius 1 is 1.59 bits per heavy atom. The van der Waals surface area contributed by atoms with Gasteiger partial charge in [-0.25, -0.2) is 4.39 Å². The van der Waals surface area contributed by atoms with Crippen LogP contribution < -0.4 is 10.6 Å². The van der Waals surface area contributed by atoms with Gasteiger partial charge in [-0.2, -0.15) is 11.8 Å². The van der Waals surface area contributed by atoms with Crippen LogP contribution >= 0.6 is 11.8 Å². The van der Waals surface area contributed by atoms with Crippen molar-refractivity contribution in [2.45, 2.75) is 0 Å². The summed E-state index contributed by atoms with van der Waals surface area (Å²) in [5.74, 6) is 0.456. The number of nitrogens with two attached hydrogens (primary N) is 1. The molecule has 0 saturated heterocycles. The highest BCUT2D eigenvalue weighted by molar-refractivity contribution is 7.98. The molecule has 0 saturated carbocycles. The number of oxime groups is 1. The molecular formula is C11H16FN3OS. The number of rotatable bonds is 5. The largest absolute Gasteiger partial charge is 0.409 e. The average molecular weight is 257 g/mol. The minimum absolute atomic E-state index is 0.0952. The predicted molar refractivity (Wildman–Crippen MR) is 70.6 cm³/mol. The quantitative estimate of drug-likeness (QED) is 0.365. The summed E-state index contributed by atoms with van der Waals surface area (Å²) >= 11 is 1.71. The Labute approximate surface area is 104 Å². The van der Waals surface area contributed by atoms with E-state index in [9.17, 15) is 4.39 Å². The maximum Gasteiger partial charge on any atom is 0.170 e. The fourth-order valence-corrected chi connectivity index (χ4v) is 1.84. The minimum Gasteiger partial charge on any atom is -0.409 e. The van der Waals surface area contributed by atoms with Crippen molar-refractivity contribution < 1.29 is 9.60 Å². The first-order chi connectivity index (χ1) is 8.10. The maximum atomic E-state index is 13.8. The summed E-state index contributed by atoms with van der Waals surface area (Å²) in [6.07, 6.45) is 2.01. The van der Waals surface area contributed by atoms with Gasteiger partial charge in [-0.1, -0.05) is 5.16 Å². The second-order valence-electron chi connectivity index (χ2n) is 3.57. The molecule has 3 N–H and O–H groups in total. The summed E-state index contributed by atoms with van der Waals surface area (Å²) in [5.41, 5.74) is 6.26. The molecule has 0 aliphatic carbocycles. The number of nitrogens with zero attached hydrogens (tertiary/aromatic N) is 2. The van der Waals surface area contributed by atoms with Crippen LogP contribution in [0.2, 0.25) is 0 Å². The number of benzene rings is 1. The molecule has 0 bridgehead atoms. The van der Waals surface area contributed by atoms with Gasteiger partial charge in [-0.3, -0.25) is 0 Å². The second-order valence-corrected chi connectivity index (χ2v) is 4.55. The Bertz CT molecular complexity index is 412. The van der Waals surface area contributed by atoms with Crippen LogP contribution in [-0.4, -0.2) is 36.6 Å². The molecule has 94 valence electrons. The Balaban J connectivity index is 2.89. The SMILES string of the molecule is CSCCN(C)c1ccc(/C(N)=N/O)cc1F. The third-order valence-corrected chi connectivity index (χ3v) is 2.98. The summed E-state index contributed by atoms with van der Waals surface area (Å²) in [4.78, 5) is 1.84. The van der Waals surface area contributed by atoms with Crippen LogP contribution in [0, 0.1) is 5.82 Å². The smallest absolute Gasteiger partial charge is 0.170 e. The Kier molecular flexibility index (Phi) is 5.09. The molecule has 0 aromatic heterocycles.